The third-order valence-electron chi connectivity index (χ3n) is 6.51. The van der Waals surface area contributed by atoms with Crippen LogP contribution in [0.2, 0.25) is 0 Å². The van der Waals surface area contributed by atoms with E-state index < -0.39 is 15.7 Å². The Hall–Kier alpha value is -2.38. The number of hydrazone groups is 1. The third kappa shape index (κ3) is 3.20. The largest absolute Gasteiger partial charge is 0.466 e. The number of hydrogen-bond acceptors (Lipinski definition) is 5. The Labute approximate surface area is 178 Å². The molecule has 0 bridgehead atoms. The van der Waals surface area contributed by atoms with Gasteiger partial charge in [-0.25, -0.2) is 17.7 Å². The maximum atomic E-state index is 12.0. The van der Waals surface area contributed by atoms with Gasteiger partial charge in [0.05, 0.1) is 18.0 Å². The maximum absolute atomic E-state index is 12.0. The number of nitrogens with zero attached hydrogens (tertiary/aromatic N) is 3. The molecule has 0 unspecified atom stereocenters. The molecule has 0 N–H and O–H groups in total. The number of ether oxygens (including phenoxy) is 1. The van der Waals surface area contributed by atoms with E-state index in [1.54, 1.807) is 4.31 Å². The van der Waals surface area contributed by atoms with Crippen LogP contribution in [0.5, 0.6) is 5.75 Å². The molecule has 3 aliphatic heterocycles. The summed E-state index contributed by atoms with van der Waals surface area (Å²) in [6, 6.07) is 14.9. The SMILES string of the molecule is Cc1ccc(C2=NN3[C@@H](C2)c2cc(C)ccc2OC32CCN(S(C)(=O)=O)CC2)cc1. The average molecular weight is 426 g/mol. The summed E-state index contributed by atoms with van der Waals surface area (Å²) >= 11 is 0. The second kappa shape index (κ2) is 6.82. The second-order valence-corrected chi connectivity index (χ2v) is 10.7. The molecule has 3 aliphatic rings. The van der Waals surface area contributed by atoms with Gasteiger partial charge in [0.25, 0.3) is 0 Å². The fourth-order valence-electron chi connectivity index (χ4n) is 4.82. The van der Waals surface area contributed by atoms with Crippen LogP contribution in [0.3, 0.4) is 0 Å². The van der Waals surface area contributed by atoms with Gasteiger partial charge in [0.15, 0.2) is 0 Å². The van der Waals surface area contributed by atoms with Crippen molar-refractivity contribution in [1.29, 1.82) is 0 Å². The average Bonchev–Trinajstić information content (AvgIpc) is 3.16. The first-order chi connectivity index (χ1) is 14.2. The zero-order valence-corrected chi connectivity index (χ0v) is 18.4. The van der Waals surface area contributed by atoms with Crippen LogP contribution >= 0.6 is 0 Å². The van der Waals surface area contributed by atoms with Crippen molar-refractivity contribution in [2.24, 2.45) is 5.10 Å². The molecule has 0 aromatic heterocycles. The van der Waals surface area contributed by atoms with Crippen LogP contribution in [-0.2, 0) is 10.0 Å². The zero-order chi connectivity index (χ0) is 21.1. The molecule has 3 heterocycles. The van der Waals surface area contributed by atoms with Gasteiger partial charge in [-0.1, -0.05) is 47.5 Å². The summed E-state index contributed by atoms with van der Waals surface area (Å²) in [4.78, 5) is 0. The lowest BCUT2D eigenvalue weighted by Crippen LogP contribution is -2.59. The van der Waals surface area contributed by atoms with Gasteiger partial charge in [-0.3, -0.25) is 0 Å². The molecule has 6 nitrogen and oxygen atoms in total. The minimum absolute atomic E-state index is 0.106. The van der Waals surface area contributed by atoms with Gasteiger partial charge in [-0.15, -0.1) is 0 Å². The quantitative estimate of drug-likeness (QED) is 0.738. The first kappa shape index (κ1) is 19.6. The van der Waals surface area contributed by atoms with E-state index in [1.165, 1.54) is 17.4 Å². The molecule has 7 heteroatoms. The molecule has 1 atom stereocenters. The highest BCUT2D eigenvalue weighted by Gasteiger charge is 2.52. The molecule has 30 heavy (non-hydrogen) atoms. The minimum Gasteiger partial charge on any atom is -0.466 e. The standard InChI is InChI=1S/C23H27N3O3S/c1-16-4-7-18(8-5-16)20-15-21-19-14-17(2)6-9-22(19)29-23(26(21)24-20)10-12-25(13-11-23)30(3,27)28/h4-9,14,21H,10-13,15H2,1-3H3/t21-/m0/s1. The van der Waals surface area contributed by atoms with Gasteiger partial charge >= 0.3 is 0 Å². The fraction of sp³-hybridized carbons (Fsp3) is 0.435. The summed E-state index contributed by atoms with van der Waals surface area (Å²) in [6.07, 6.45) is 3.28. The van der Waals surface area contributed by atoms with Crippen molar-refractivity contribution in [2.45, 2.75) is 44.9 Å². The molecule has 5 rings (SSSR count). The molecule has 0 radical (unpaired) electrons. The summed E-state index contributed by atoms with van der Waals surface area (Å²) in [5.74, 6) is 0.898. The van der Waals surface area contributed by atoms with Gasteiger partial charge in [0, 0.05) is 37.9 Å². The summed E-state index contributed by atoms with van der Waals surface area (Å²) in [5.41, 5.74) is 5.17. The van der Waals surface area contributed by atoms with E-state index in [1.807, 2.05) is 0 Å². The van der Waals surface area contributed by atoms with Crippen molar-refractivity contribution in [3.63, 3.8) is 0 Å². The zero-order valence-electron chi connectivity index (χ0n) is 17.6. The molecular weight excluding hydrogens is 398 g/mol. The van der Waals surface area contributed by atoms with E-state index in [4.69, 9.17) is 9.84 Å². The number of rotatable bonds is 2. The van der Waals surface area contributed by atoms with Crippen molar-refractivity contribution >= 4 is 15.7 Å². The van der Waals surface area contributed by atoms with Gasteiger partial charge in [-0.2, -0.15) is 5.10 Å². The van der Waals surface area contributed by atoms with Gasteiger partial charge in [-0.05, 0) is 25.5 Å². The van der Waals surface area contributed by atoms with Crippen molar-refractivity contribution in [1.82, 2.24) is 9.31 Å². The lowest BCUT2D eigenvalue weighted by Gasteiger charge is -2.50. The normalized spacial score (nSPS) is 23.0. The first-order valence-electron chi connectivity index (χ1n) is 10.4. The van der Waals surface area contributed by atoms with Crippen molar-refractivity contribution in [3.05, 3.63) is 64.7 Å². The Morgan fingerprint density at radius 1 is 1.03 bits per heavy atom. The predicted octanol–water partition coefficient (Wildman–Crippen LogP) is 3.60. The van der Waals surface area contributed by atoms with Crippen LogP contribution in [0.15, 0.2) is 47.6 Å². The Bertz CT molecular complexity index is 1120. The summed E-state index contributed by atoms with van der Waals surface area (Å²) < 4.78 is 32.2. The summed E-state index contributed by atoms with van der Waals surface area (Å²) in [6.45, 7) is 5.06. The van der Waals surface area contributed by atoms with Crippen LogP contribution in [0.4, 0.5) is 0 Å². The topological polar surface area (TPSA) is 62.2 Å². The first-order valence-corrected chi connectivity index (χ1v) is 12.3. The monoisotopic (exact) mass is 425 g/mol. The lowest BCUT2D eigenvalue weighted by atomic mass is 9.90. The smallest absolute Gasteiger partial charge is 0.211 e. The molecular formula is C23H27N3O3S. The Morgan fingerprint density at radius 2 is 1.70 bits per heavy atom. The predicted molar refractivity (Wildman–Crippen MR) is 117 cm³/mol. The van der Waals surface area contributed by atoms with E-state index >= 15 is 0 Å². The third-order valence-corrected chi connectivity index (χ3v) is 7.81. The highest BCUT2D eigenvalue weighted by molar-refractivity contribution is 7.88. The number of fused-ring (bicyclic) bond motifs is 4. The van der Waals surface area contributed by atoms with Gasteiger partial charge in [0.1, 0.15) is 5.75 Å². The number of hydrogen-bond donors (Lipinski definition) is 0. The molecule has 1 fully saturated rings. The molecule has 0 aliphatic carbocycles. The molecule has 1 saturated heterocycles. The molecule has 158 valence electrons. The van der Waals surface area contributed by atoms with Gasteiger partial charge < -0.3 is 4.74 Å². The van der Waals surface area contributed by atoms with E-state index in [2.05, 4.69) is 61.3 Å². The Morgan fingerprint density at radius 3 is 2.37 bits per heavy atom. The maximum Gasteiger partial charge on any atom is 0.211 e. The van der Waals surface area contributed by atoms with E-state index in [9.17, 15) is 8.42 Å². The number of benzene rings is 2. The van der Waals surface area contributed by atoms with Crippen LogP contribution in [0, 0.1) is 13.8 Å². The van der Waals surface area contributed by atoms with E-state index in [0.29, 0.717) is 25.9 Å². The molecule has 1 spiro atoms. The number of piperidine rings is 1. The molecule has 2 aromatic rings. The second-order valence-electron chi connectivity index (χ2n) is 8.73. The summed E-state index contributed by atoms with van der Waals surface area (Å²) in [5, 5.41) is 7.19. The molecule has 2 aromatic carbocycles. The number of sulfonamides is 1. The van der Waals surface area contributed by atoms with E-state index in [-0.39, 0.29) is 6.04 Å². The van der Waals surface area contributed by atoms with Gasteiger partial charge in [0.2, 0.25) is 15.7 Å². The lowest BCUT2D eigenvalue weighted by molar-refractivity contribution is -0.143. The highest BCUT2D eigenvalue weighted by Crippen LogP contribution is 2.50. The Balaban J connectivity index is 1.55. The van der Waals surface area contributed by atoms with Crippen LogP contribution < -0.4 is 4.74 Å². The Kier molecular flexibility index (Phi) is 4.45. The van der Waals surface area contributed by atoms with Crippen molar-refractivity contribution in [3.8, 4) is 5.75 Å². The van der Waals surface area contributed by atoms with E-state index in [0.717, 1.165) is 29.0 Å². The van der Waals surface area contributed by atoms with Crippen LogP contribution in [0.1, 0.15) is 47.6 Å². The highest BCUT2D eigenvalue weighted by atomic mass is 32.2. The van der Waals surface area contributed by atoms with Crippen LogP contribution in [0.25, 0.3) is 0 Å². The van der Waals surface area contributed by atoms with Crippen molar-refractivity contribution < 1.29 is 13.2 Å². The number of aryl methyl sites for hydroxylation is 2. The van der Waals surface area contributed by atoms with Crippen molar-refractivity contribution in [2.75, 3.05) is 19.3 Å². The summed E-state index contributed by atoms with van der Waals surface area (Å²) in [7, 11) is -3.20. The fourth-order valence-corrected chi connectivity index (χ4v) is 5.67. The van der Waals surface area contributed by atoms with Crippen LogP contribution in [-0.4, -0.2) is 48.5 Å². The molecule has 0 saturated carbocycles. The minimum atomic E-state index is -3.20. The molecule has 0 amide bonds.